The minimum absolute atomic E-state index is 0.258. The number of likely N-dealkylation sites (N-methyl/N-ethyl adjacent to an activating group) is 2. The largest absolute Gasteiger partial charge is 0.377 e. The van der Waals surface area contributed by atoms with Gasteiger partial charge in [-0.25, -0.2) is 15.0 Å². The number of hydrogen-bond donors (Lipinski definition) is 1. The highest BCUT2D eigenvalue weighted by molar-refractivity contribution is 5.91. The molecule has 0 amide bonds. The first-order chi connectivity index (χ1) is 15.7. The van der Waals surface area contributed by atoms with Gasteiger partial charge >= 0.3 is 0 Å². The van der Waals surface area contributed by atoms with Crippen LogP contribution in [0, 0.1) is 0 Å². The fourth-order valence-electron chi connectivity index (χ4n) is 4.94. The third kappa shape index (κ3) is 3.98. The SMILES string of the molecule is CCN1CCN(CC)C(c2cc(N3CCOC[C@H]3C)nc(-c3ccnc4[nH]ccc34)n2)C1. The molecule has 3 aromatic rings. The molecule has 0 radical (unpaired) electrons. The summed E-state index contributed by atoms with van der Waals surface area (Å²) < 4.78 is 5.69. The molecule has 8 heteroatoms. The second-order valence-corrected chi connectivity index (χ2v) is 8.73. The molecule has 2 fully saturated rings. The van der Waals surface area contributed by atoms with Crippen LogP contribution in [-0.2, 0) is 4.74 Å². The zero-order chi connectivity index (χ0) is 22.1. The summed E-state index contributed by atoms with van der Waals surface area (Å²) in [4.78, 5) is 25.3. The van der Waals surface area contributed by atoms with Gasteiger partial charge in [0, 0.05) is 55.6 Å². The molecule has 0 bridgehead atoms. The van der Waals surface area contributed by atoms with E-state index in [-0.39, 0.29) is 12.1 Å². The average molecular weight is 436 g/mol. The number of rotatable bonds is 5. The fourth-order valence-corrected chi connectivity index (χ4v) is 4.94. The Morgan fingerprint density at radius 3 is 2.84 bits per heavy atom. The number of aromatic amines is 1. The first kappa shape index (κ1) is 21.3. The molecule has 0 aromatic carbocycles. The molecule has 32 heavy (non-hydrogen) atoms. The lowest BCUT2D eigenvalue weighted by molar-refractivity contribution is 0.0796. The van der Waals surface area contributed by atoms with E-state index in [9.17, 15) is 0 Å². The van der Waals surface area contributed by atoms with Crippen molar-refractivity contribution >= 4 is 16.9 Å². The van der Waals surface area contributed by atoms with Gasteiger partial charge in [0.25, 0.3) is 0 Å². The molecule has 5 heterocycles. The van der Waals surface area contributed by atoms with Gasteiger partial charge in [0.2, 0.25) is 0 Å². The number of anilines is 1. The number of aromatic nitrogens is 4. The van der Waals surface area contributed by atoms with E-state index in [2.05, 4.69) is 57.6 Å². The van der Waals surface area contributed by atoms with Crippen molar-refractivity contribution in [3.63, 3.8) is 0 Å². The molecule has 170 valence electrons. The van der Waals surface area contributed by atoms with Crippen LogP contribution in [0.1, 0.15) is 32.5 Å². The highest BCUT2D eigenvalue weighted by atomic mass is 16.5. The maximum absolute atomic E-state index is 5.69. The summed E-state index contributed by atoms with van der Waals surface area (Å²) in [6.07, 6.45) is 3.76. The van der Waals surface area contributed by atoms with E-state index in [4.69, 9.17) is 14.7 Å². The first-order valence-corrected chi connectivity index (χ1v) is 11.8. The Morgan fingerprint density at radius 1 is 1.12 bits per heavy atom. The van der Waals surface area contributed by atoms with Crippen LogP contribution in [0.5, 0.6) is 0 Å². The number of hydrogen-bond acceptors (Lipinski definition) is 7. The molecule has 2 saturated heterocycles. The molecular weight excluding hydrogens is 402 g/mol. The molecule has 0 saturated carbocycles. The van der Waals surface area contributed by atoms with Crippen molar-refractivity contribution in [2.45, 2.75) is 32.9 Å². The second-order valence-electron chi connectivity index (χ2n) is 8.73. The van der Waals surface area contributed by atoms with E-state index in [1.807, 2.05) is 18.5 Å². The van der Waals surface area contributed by atoms with Gasteiger partial charge in [0.05, 0.1) is 31.0 Å². The molecule has 0 aliphatic carbocycles. The van der Waals surface area contributed by atoms with Crippen molar-refractivity contribution in [3.8, 4) is 11.4 Å². The van der Waals surface area contributed by atoms with Gasteiger partial charge < -0.3 is 19.5 Å². The Hall–Kier alpha value is -2.55. The van der Waals surface area contributed by atoms with Crippen molar-refractivity contribution in [1.29, 1.82) is 0 Å². The van der Waals surface area contributed by atoms with Crippen molar-refractivity contribution in [3.05, 3.63) is 36.3 Å². The normalized spacial score (nSPS) is 23.2. The maximum atomic E-state index is 5.69. The van der Waals surface area contributed by atoms with Gasteiger partial charge in [0.15, 0.2) is 5.82 Å². The first-order valence-electron chi connectivity index (χ1n) is 11.8. The quantitative estimate of drug-likeness (QED) is 0.660. The van der Waals surface area contributed by atoms with Crippen molar-refractivity contribution in [2.24, 2.45) is 0 Å². The smallest absolute Gasteiger partial charge is 0.162 e. The van der Waals surface area contributed by atoms with Crippen LogP contribution < -0.4 is 4.90 Å². The lowest BCUT2D eigenvalue weighted by atomic mass is 10.1. The molecular formula is C24H33N7O. The Balaban J connectivity index is 1.63. The van der Waals surface area contributed by atoms with Crippen molar-refractivity contribution in [1.82, 2.24) is 29.7 Å². The van der Waals surface area contributed by atoms with Gasteiger partial charge in [-0.05, 0) is 32.1 Å². The van der Waals surface area contributed by atoms with Crippen LogP contribution in [-0.4, -0.2) is 88.3 Å². The molecule has 0 spiro atoms. The third-order valence-corrected chi connectivity index (χ3v) is 6.87. The Kier molecular flexibility index (Phi) is 6.08. The van der Waals surface area contributed by atoms with E-state index in [1.54, 1.807) is 0 Å². The van der Waals surface area contributed by atoms with Crippen LogP contribution in [0.2, 0.25) is 0 Å². The van der Waals surface area contributed by atoms with E-state index < -0.39 is 0 Å². The van der Waals surface area contributed by atoms with Crippen LogP contribution in [0.25, 0.3) is 22.4 Å². The number of fused-ring (bicyclic) bond motifs is 1. The summed E-state index contributed by atoms with van der Waals surface area (Å²) >= 11 is 0. The molecule has 2 aliphatic heterocycles. The number of nitrogens with zero attached hydrogens (tertiary/aromatic N) is 6. The number of piperazine rings is 1. The monoisotopic (exact) mass is 435 g/mol. The van der Waals surface area contributed by atoms with Crippen LogP contribution in [0.4, 0.5) is 5.82 Å². The zero-order valence-corrected chi connectivity index (χ0v) is 19.3. The Morgan fingerprint density at radius 2 is 2.03 bits per heavy atom. The van der Waals surface area contributed by atoms with E-state index in [0.717, 1.165) is 86.4 Å². The number of morpholine rings is 1. The molecule has 2 atom stereocenters. The zero-order valence-electron chi connectivity index (χ0n) is 19.3. The van der Waals surface area contributed by atoms with Gasteiger partial charge in [-0.3, -0.25) is 4.90 Å². The van der Waals surface area contributed by atoms with Gasteiger partial charge in [-0.2, -0.15) is 0 Å². The maximum Gasteiger partial charge on any atom is 0.162 e. The topological polar surface area (TPSA) is 73.4 Å². The summed E-state index contributed by atoms with van der Waals surface area (Å²) in [7, 11) is 0. The number of H-pyrrole nitrogens is 1. The summed E-state index contributed by atoms with van der Waals surface area (Å²) in [6, 6.07) is 6.84. The van der Waals surface area contributed by atoms with E-state index >= 15 is 0 Å². The molecule has 3 aromatic heterocycles. The minimum atomic E-state index is 0.258. The lowest BCUT2D eigenvalue weighted by Crippen LogP contribution is -2.48. The average Bonchev–Trinajstić information content (AvgIpc) is 3.32. The Labute approximate surface area is 189 Å². The van der Waals surface area contributed by atoms with Gasteiger partial charge in [-0.1, -0.05) is 13.8 Å². The summed E-state index contributed by atoms with van der Waals surface area (Å²) in [6.45, 7) is 14.2. The number of ether oxygens (including phenoxy) is 1. The summed E-state index contributed by atoms with van der Waals surface area (Å²) in [5, 5.41) is 1.05. The van der Waals surface area contributed by atoms with Crippen molar-refractivity contribution < 1.29 is 4.74 Å². The standard InChI is InChI=1S/C24H33N7O/c1-4-29-10-11-30(5-2)21(15-29)20-14-22(31-12-13-32-16-17(31)3)28-24(27-20)19-7-9-26-23-18(19)6-8-25-23/h6-9,14,17,21H,4-5,10-13,15-16H2,1-3H3,(H,25,26)/t17-,21?/m1/s1. The molecule has 1 unspecified atom stereocenters. The summed E-state index contributed by atoms with van der Waals surface area (Å²) in [5.41, 5.74) is 2.98. The van der Waals surface area contributed by atoms with Gasteiger partial charge in [0.1, 0.15) is 11.5 Å². The third-order valence-electron chi connectivity index (χ3n) is 6.87. The lowest BCUT2D eigenvalue weighted by Gasteiger charge is -2.41. The van der Waals surface area contributed by atoms with Crippen LogP contribution in [0.3, 0.4) is 0 Å². The minimum Gasteiger partial charge on any atom is -0.377 e. The van der Waals surface area contributed by atoms with Gasteiger partial charge in [-0.15, -0.1) is 0 Å². The molecule has 1 N–H and O–H groups in total. The van der Waals surface area contributed by atoms with Crippen LogP contribution in [0.15, 0.2) is 30.6 Å². The number of pyridine rings is 1. The Bertz CT molecular complexity index is 1070. The molecule has 5 rings (SSSR count). The fraction of sp³-hybridized carbons (Fsp3) is 0.542. The molecule has 2 aliphatic rings. The van der Waals surface area contributed by atoms with E-state index in [1.165, 1.54) is 0 Å². The highest BCUT2D eigenvalue weighted by Crippen LogP contribution is 2.32. The number of nitrogens with one attached hydrogen (secondary N) is 1. The predicted molar refractivity (Wildman–Crippen MR) is 127 cm³/mol. The second kappa shape index (κ2) is 9.13. The summed E-state index contributed by atoms with van der Waals surface area (Å²) in [5.74, 6) is 1.76. The van der Waals surface area contributed by atoms with Crippen molar-refractivity contribution in [2.75, 3.05) is 57.4 Å². The molecule has 8 nitrogen and oxygen atoms in total. The highest BCUT2D eigenvalue weighted by Gasteiger charge is 2.30. The van der Waals surface area contributed by atoms with E-state index in [0.29, 0.717) is 0 Å². The predicted octanol–water partition coefficient (Wildman–Crippen LogP) is 2.94. The van der Waals surface area contributed by atoms with Crippen LogP contribution >= 0.6 is 0 Å².